The van der Waals surface area contributed by atoms with Gasteiger partial charge in [0, 0.05) is 36.1 Å². The van der Waals surface area contributed by atoms with Crippen molar-refractivity contribution in [1.82, 2.24) is 9.80 Å². The van der Waals surface area contributed by atoms with Gasteiger partial charge in [-0.2, -0.15) is 0 Å². The van der Waals surface area contributed by atoms with E-state index in [1.54, 1.807) is 42.6 Å². The summed E-state index contributed by atoms with van der Waals surface area (Å²) in [5.74, 6) is 0.515. The Labute approximate surface area is 239 Å². The molecule has 3 amide bonds. The number of nitrogens with zero attached hydrogens (tertiary/aromatic N) is 2. The number of ether oxygens (including phenoxy) is 3. The molecule has 3 rings (SSSR count). The molecule has 3 aromatic rings. The number of para-hydroxylation sites is 1. The second-order valence-corrected chi connectivity index (χ2v) is 10.5. The van der Waals surface area contributed by atoms with Crippen molar-refractivity contribution in [2.75, 3.05) is 52.4 Å². The molecule has 0 unspecified atom stereocenters. The van der Waals surface area contributed by atoms with Crippen LogP contribution in [0.5, 0.6) is 11.5 Å². The van der Waals surface area contributed by atoms with Crippen molar-refractivity contribution in [3.8, 4) is 11.5 Å². The van der Waals surface area contributed by atoms with Crippen LogP contribution in [0.15, 0.2) is 54.6 Å². The maximum absolute atomic E-state index is 14.2. The predicted octanol–water partition coefficient (Wildman–Crippen LogP) is 5.74. The number of hydrogen-bond acceptors (Lipinski definition) is 6. The minimum absolute atomic E-state index is 0.0640. The van der Waals surface area contributed by atoms with E-state index >= 15 is 0 Å². The molecule has 0 atom stereocenters. The zero-order chi connectivity index (χ0) is 28.9. The molecule has 216 valence electrons. The molecule has 0 radical (unpaired) electrons. The van der Waals surface area contributed by atoms with Crippen LogP contribution in [0.4, 0.5) is 14.9 Å². The zero-order valence-electron chi connectivity index (χ0n) is 23.6. The molecule has 2 aromatic carbocycles. The summed E-state index contributed by atoms with van der Waals surface area (Å²) >= 11 is 1.63. The van der Waals surface area contributed by atoms with E-state index in [1.165, 1.54) is 17.0 Å². The van der Waals surface area contributed by atoms with Gasteiger partial charge in [-0.1, -0.05) is 18.2 Å². The summed E-state index contributed by atoms with van der Waals surface area (Å²) in [4.78, 5) is 32.2. The minimum atomic E-state index is -0.541. The Morgan fingerprint density at radius 2 is 1.75 bits per heavy atom. The largest absolute Gasteiger partial charge is 0.493 e. The van der Waals surface area contributed by atoms with Gasteiger partial charge in [-0.05, 0) is 68.7 Å². The lowest BCUT2D eigenvalue weighted by Crippen LogP contribution is -2.45. The first-order chi connectivity index (χ1) is 19.3. The van der Waals surface area contributed by atoms with Gasteiger partial charge in [0.15, 0.2) is 11.5 Å². The van der Waals surface area contributed by atoms with Gasteiger partial charge in [0.25, 0.3) is 0 Å². The summed E-state index contributed by atoms with van der Waals surface area (Å²) in [7, 11) is 3.17. The molecule has 0 aliphatic heterocycles. The number of carbonyl (C=O) groups excluding carboxylic acids is 2. The Hall–Kier alpha value is -3.63. The Bertz CT molecular complexity index is 1250. The third kappa shape index (κ3) is 9.24. The first-order valence-corrected chi connectivity index (χ1v) is 14.1. The molecule has 1 aromatic heterocycles. The number of benzene rings is 2. The third-order valence-corrected chi connectivity index (χ3v) is 7.25. The van der Waals surface area contributed by atoms with Gasteiger partial charge in [-0.25, -0.2) is 9.18 Å². The smallest absolute Gasteiger partial charge is 0.322 e. The van der Waals surface area contributed by atoms with Crippen LogP contribution in [0.25, 0.3) is 0 Å². The van der Waals surface area contributed by atoms with Crippen molar-refractivity contribution in [1.29, 1.82) is 0 Å². The lowest BCUT2D eigenvalue weighted by atomic mass is 10.1. The van der Waals surface area contributed by atoms with Gasteiger partial charge < -0.3 is 29.3 Å². The van der Waals surface area contributed by atoms with Crippen LogP contribution in [0, 0.1) is 12.7 Å². The molecule has 0 aliphatic rings. The first-order valence-electron chi connectivity index (χ1n) is 13.3. The van der Waals surface area contributed by atoms with Crippen molar-refractivity contribution >= 4 is 29.0 Å². The number of thiophene rings is 1. The second kappa shape index (κ2) is 15.8. The van der Waals surface area contributed by atoms with Crippen molar-refractivity contribution in [2.24, 2.45) is 0 Å². The van der Waals surface area contributed by atoms with Crippen LogP contribution in [0.2, 0.25) is 0 Å². The zero-order valence-corrected chi connectivity index (χ0v) is 24.4. The van der Waals surface area contributed by atoms with Crippen LogP contribution in [0.3, 0.4) is 0 Å². The van der Waals surface area contributed by atoms with Crippen LogP contribution < -0.4 is 14.8 Å². The fourth-order valence-electron chi connectivity index (χ4n) is 4.12. The van der Waals surface area contributed by atoms with Gasteiger partial charge in [0.1, 0.15) is 12.4 Å². The maximum atomic E-state index is 14.2. The third-order valence-electron chi connectivity index (χ3n) is 6.26. The van der Waals surface area contributed by atoms with E-state index in [1.807, 2.05) is 44.2 Å². The summed E-state index contributed by atoms with van der Waals surface area (Å²) in [5, 5.41) is 2.61. The van der Waals surface area contributed by atoms with Crippen molar-refractivity contribution in [3.63, 3.8) is 0 Å². The van der Waals surface area contributed by atoms with E-state index in [-0.39, 0.29) is 24.7 Å². The van der Waals surface area contributed by atoms with Gasteiger partial charge in [-0.3, -0.25) is 4.79 Å². The van der Waals surface area contributed by atoms with E-state index in [0.717, 1.165) is 15.3 Å². The monoisotopic (exact) mass is 571 g/mol. The molecule has 40 heavy (non-hydrogen) atoms. The molecule has 0 spiro atoms. The van der Waals surface area contributed by atoms with Gasteiger partial charge in [0.05, 0.1) is 26.5 Å². The van der Waals surface area contributed by atoms with Gasteiger partial charge in [-0.15, -0.1) is 11.3 Å². The summed E-state index contributed by atoms with van der Waals surface area (Å²) < 4.78 is 30.4. The number of aryl methyl sites for hydroxylation is 1. The number of rotatable bonds is 15. The average molecular weight is 572 g/mol. The highest BCUT2D eigenvalue weighted by molar-refractivity contribution is 7.11. The normalized spacial score (nSPS) is 10.7. The molecule has 0 fully saturated rings. The Balaban J connectivity index is 1.77. The van der Waals surface area contributed by atoms with E-state index in [9.17, 15) is 14.0 Å². The second-order valence-electron chi connectivity index (χ2n) is 9.15. The van der Waals surface area contributed by atoms with E-state index in [0.29, 0.717) is 50.6 Å². The van der Waals surface area contributed by atoms with Gasteiger partial charge >= 0.3 is 6.03 Å². The molecule has 0 aliphatic carbocycles. The summed E-state index contributed by atoms with van der Waals surface area (Å²) in [6.45, 7) is 5.93. The number of methoxy groups -OCH3 is 2. The topological polar surface area (TPSA) is 80.3 Å². The summed E-state index contributed by atoms with van der Waals surface area (Å²) in [6.07, 6.45) is 1.13. The number of anilines is 1. The van der Waals surface area contributed by atoms with Crippen LogP contribution in [0.1, 0.15) is 28.7 Å². The van der Waals surface area contributed by atoms with Crippen LogP contribution in [-0.4, -0.2) is 68.8 Å². The fourth-order valence-corrected chi connectivity index (χ4v) is 5.03. The highest BCUT2D eigenvalue weighted by Crippen LogP contribution is 2.28. The van der Waals surface area contributed by atoms with Gasteiger partial charge in [0.2, 0.25) is 5.91 Å². The number of nitrogens with one attached hydrogen (secondary N) is 1. The molecule has 1 N–H and O–H groups in total. The van der Waals surface area contributed by atoms with E-state index < -0.39 is 11.8 Å². The molecule has 0 saturated carbocycles. The lowest BCUT2D eigenvalue weighted by molar-refractivity contribution is -0.132. The van der Waals surface area contributed by atoms with Crippen molar-refractivity contribution in [2.45, 2.75) is 33.2 Å². The highest BCUT2D eigenvalue weighted by Gasteiger charge is 2.23. The van der Waals surface area contributed by atoms with Crippen molar-refractivity contribution in [3.05, 3.63) is 75.7 Å². The van der Waals surface area contributed by atoms with Crippen LogP contribution in [-0.2, 0) is 22.5 Å². The lowest BCUT2D eigenvalue weighted by Gasteiger charge is -2.28. The molecular weight excluding hydrogens is 533 g/mol. The van der Waals surface area contributed by atoms with Crippen LogP contribution >= 0.6 is 11.3 Å². The highest BCUT2D eigenvalue weighted by atomic mass is 32.1. The number of amides is 3. The molecule has 8 nitrogen and oxygen atoms in total. The van der Waals surface area contributed by atoms with E-state index in [2.05, 4.69) is 5.32 Å². The molecule has 0 bridgehead atoms. The Morgan fingerprint density at radius 3 is 2.42 bits per heavy atom. The maximum Gasteiger partial charge on any atom is 0.322 e. The number of halogens is 1. The van der Waals surface area contributed by atoms with E-state index in [4.69, 9.17) is 14.2 Å². The number of carbonyl (C=O) groups is 2. The predicted molar refractivity (Wildman–Crippen MR) is 156 cm³/mol. The molecule has 10 heteroatoms. The summed E-state index contributed by atoms with van der Waals surface area (Å²) in [5.41, 5.74) is 1.05. The van der Waals surface area contributed by atoms with Crippen molar-refractivity contribution < 1.29 is 28.2 Å². The molecule has 1 heterocycles. The Kier molecular flexibility index (Phi) is 12.2. The number of urea groups is 1. The summed E-state index contributed by atoms with van der Waals surface area (Å²) in [6, 6.07) is 15.2. The number of hydrogen-bond donors (Lipinski definition) is 1. The fraction of sp³-hybridized carbons (Fsp3) is 0.400. The molecule has 0 saturated heterocycles. The quantitative estimate of drug-likeness (QED) is 0.235. The average Bonchev–Trinajstić information content (AvgIpc) is 3.37. The first kappa shape index (κ1) is 30.9. The minimum Gasteiger partial charge on any atom is -0.493 e. The molecular formula is C30H38FN3O5S. The Morgan fingerprint density at radius 1 is 0.975 bits per heavy atom. The SMILES string of the molecule is CCOCCCN(CC(=O)N(CCc1ccc(OC)c(OC)c1)Cc1ccc(C)s1)C(=O)Nc1ccccc1F. The standard InChI is InChI=1S/C30H38FN3O5S/c1-5-39-18-8-16-34(30(36)32-26-10-7-6-9-25(26)31)21-29(35)33(20-24-13-11-22(2)40-24)17-15-23-12-14-27(37-3)28(19-23)38-4/h6-7,9-14,19H,5,8,15-18,20-21H2,1-4H3,(H,32,36).